The Hall–Kier alpha value is -0.843. The van der Waals surface area contributed by atoms with E-state index in [9.17, 15) is 0 Å². The molecule has 0 aliphatic heterocycles. The SMILES string of the molecule is CC(C)(C)[Si](C)(C)OCCCn1ccc2c(Cl)nccc21. The lowest BCUT2D eigenvalue weighted by Crippen LogP contribution is -2.41. The molecule has 2 aromatic rings. The van der Waals surface area contributed by atoms with E-state index in [-0.39, 0.29) is 5.04 Å². The highest BCUT2D eigenvalue weighted by Gasteiger charge is 2.36. The van der Waals surface area contributed by atoms with Crippen molar-refractivity contribution in [3.05, 3.63) is 29.7 Å². The van der Waals surface area contributed by atoms with Crippen LogP contribution in [0.2, 0.25) is 23.3 Å². The van der Waals surface area contributed by atoms with Crippen molar-refractivity contribution < 1.29 is 4.43 Å². The lowest BCUT2D eigenvalue weighted by Gasteiger charge is -2.36. The number of aromatic nitrogens is 2. The van der Waals surface area contributed by atoms with Crippen molar-refractivity contribution in [2.45, 2.75) is 51.9 Å². The lowest BCUT2D eigenvalue weighted by atomic mass is 10.2. The van der Waals surface area contributed by atoms with Crippen molar-refractivity contribution in [3.63, 3.8) is 0 Å². The summed E-state index contributed by atoms with van der Waals surface area (Å²) in [6.07, 6.45) is 4.84. The van der Waals surface area contributed by atoms with Gasteiger partial charge < -0.3 is 8.99 Å². The summed E-state index contributed by atoms with van der Waals surface area (Å²) in [5, 5.41) is 1.86. The highest BCUT2D eigenvalue weighted by molar-refractivity contribution is 6.74. The van der Waals surface area contributed by atoms with Crippen LogP contribution in [0.15, 0.2) is 24.5 Å². The van der Waals surface area contributed by atoms with E-state index in [1.165, 1.54) is 0 Å². The van der Waals surface area contributed by atoms with Gasteiger partial charge in [0.05, 0.1) is 5.52 Å². The van der Waals surface area contributed by atoms with Crippen LogP contribution < -0.4 is 0 Å². The molecule has 0 spiro atoms. The Kier molecular flexibility index (Phi) is 4.81. The molecule has 2 heterocycles. The van der Waals surface area contributed by atoms with Crippen LogP contribution in [-0.4, -0.2) is 24.5 Å². The fourth-order valence-electron chi connectivity index (χ4n) is 2.06. The first-order valence-corrected chi connectivity index (χ1v) is 10.7. The second-order valence-electron chi connectivity index (χ2n) is 7.01. The minimum Gasteiger partial charge on any atom is -0.417 e. The van der Waals surface area contributed by atoms with Crippen LogP contribution in [0.4, 0.5) is 0 Å². The summed E-state index contributed by atoms with van der Waals surface area (Å²) in [5.41, 5.74) is 1.14. The lowest BCUT2D eigenvalue weighted by molar-refractivity contribution is 0.276. The molecule has 0 amide bonds. The molecule has 0 saturated carbocycles. The van der Waals surface area contributed by atoms with Gasteiger partial charge >= 0.3 is 0 Å². The van der Waals surface area contributed by atoms with Gasteiger partial charge in [0.25, 0.3) is 0 Å². The van der Waals surface area contributed by atoms with Gasteiger partial charge in [0.2, 0.25) is 0 Å². The van der Waals surface area contributed by atoms with Crippen molar-refractivity contribution in [2.24, 2.45) is 0 Å². The summed E-state index contributed by atoms with van der Waals surface area (Å²) in [5.74, 6) is 0. The van der Waals surface area contributed by atoms with E-state index in [1.54, 1.807) is 6.20 Å². The molecule has 3 nitrogen and oxygen atoms in total. The second kappa shape index (κ2) is 6.11. The number of fused-ring (bicyclic) bond motifs is 1. The molecular formula is C16H25ClN2OSi. The number of rotatable bonds is 5. The maximum absolute atomic E-state index is 6.22. The van der Waals surface area contributed by atoms with Gasteiger partial charge in [-0.05, 0) is 36.7 Å². The molecule has 116 valence electrons. The first kappa shape index (κ1) is 16.5. The maximum atomic E-state index is 6.22. The van der Waals surface area contributed by atoms with Gasteiger partial charge in [0.1, 0.15) is 5.15 Å². The molecule has 2 rings (SSSR count). The molecule has 0 fully saturated rings. The Bertz CT molecular complexity index is 616. The molecule has 0 unspecified atom stereocenters. The molecule has 0 radical (unpaired) electrons. The molecule has 0 aliphatic carbocycles. The second-order valence-corrected chi connectivity index (χ2v) is 12.2. The fraction of sp³-hybridized carbons (Fsp3) is 0.562. The van der Waals surface area contributed by atoms with Crippen LogP contribution in [0.1, 0.15) is 27.2 Å². The van der Waals surface area contributed by atoms with E-state index < -0.39 is 8.32 Å². The third kappa shape index (κ3) is 3.68. The topological polar surface area (TPSA) is 27.1 Å². The van der Waals surface area contributed by atoms with Crippen LogP contribution in [0.3, 0.4) is 0 Å². The summed E-state index contributed by atoms with van der Waals surface area (Å²) >= 11 is 6.10. The van der Waals surface area contributed by atoms with E-state index in [0.29, 0.717) is 5.15 Å². The normalized spacial score (nSPS) is 13.0. The van der Waals surface area contributed by atoms with Gasteiger partial charge in [-0.3, -0.25) is 0 Å². The summed E-state index contributed by atoms with van der Waals surface area (Å²) in [7, 11) is -1.63. The Labute approximate surface area is 133 Å². The Morgan fingerprint density at radius 2 is 2.00 bits per heavy atom. The number of nitrogens with zero attached hydrogens (tertiary/aromatic N) is 2. The molecule has 0 aromatic carbocycles. The van der Waals surface area contributed by atoms with E-state index in [4.69, 9.17) is 16.0 Å². The highest BCUT2D eigenvalue weighted by atomic mass is 35.5. The molecule has 0 N–H and O–H groups in total. The summed E-state index contributed by atoms with van der Waals surface area (Å²) in [6.45, 7) is 13.2. The average molecular weight is 325 g/mol. The maximum Gasteiger partial charge on any atom is 0.191 e. The Balaban J connectivity index is 1.93. The van der Waals surface area contributed by atoms with Gasteiger partial charge in [0, 0.05) is 30.9 Å². The van der Waals surface area contributed by atoms with Crippen molar-refractivity contribution in [3.8, 4) is 0 Å². The largest absolute Gasteiger partial charge is 0.417 e. The van der Waals surface area contributed by atoms with Crippen LogP contribution >= 0.6 is 11.6 Å². The summed E-state index contributed by atoms with van der Waals surface area (Å²) < 4.78 is 8.44. The monoisotopic (exact) mass is 324 g/mol. The van der Waals surface area contributed by atoms with Crippen LogP contribution in [0.5, 0.6) is 0 Å². The predicted molar refractivity (Wildman–Crippen MR) is 92.5 cm³/mol. The van der Waals surface area contributed by atoms with Gasteiger partial charge in [-0.2, -0.15) is 0 Å². The molecule has 0 aliphatic rings. The smallest absolute Gasteiger partial charge is 0.191 e. The molecule has 21 heavy (non-hydrogen) atoms. The molecular weight excluding hydrogens is 300 g/mol. The van der Waals surface area contributed by atoms with E-state index in [0.717, 1.165) is 30.5 Å². The van der Waals surface area contributed by atoms with Crippen molar-refractivity contribution >= 4 is 30.8 Å². The van der Waals surface area contributed by atoms with Crippen LogP contribution in [0, 0.1) is 0 Å². The first-order chi connectivity index (χ1) is 9.72. The third-order valence-corrected chi connectivity index (χ3v) is 9.30. The first-order valence-electron chi connectivity index (χ1n) is 7.46. The predicted octanol–water partition coefficient (Wildman–Crippen LogP) is 5.10. The average Bonchev–Trinajstić information content (AvgIpc) is 2.78. The van der Waals surface area contributed by atoms with Gasteiger partial charge in [0.15, 0.2) is 8.32 Å². The molecule has 0 atom stereocenters. The minimum atomic E-state index is -1.63. The van der Waals surface area contributed by atoms with Crippen molar-refractivity contribution in [1.82, 2.24) is 9.55 Å². The zero-order chi connectivity index (χ0) is 15.7. The Morgan fingerprint density at radius 3 is 2.67 bits per heavy atom. The number of pyridine rings is 1. The van der Waals surface area contributed by atoms with Gasteiger partial charge in [-0.1, -0.05) is 32.4 Å². The minimum absolute atomic E-state index is 0.270. The zero-order valence-electron chi connectivity index (χ0n) is 13.6. The third-order valence-electron chi connectivity index (χ3n) is 4.46. The number of hydrogen-bond donors (Lipinski definition) is 0. The quantitative estimate of drug-likeness (QED) is 0.434. The van der Waals surface area contributed by atoms with Gasteiger partial charge in [-0.15, -0.1) is 0 Å². The van der Waals surface area contributed by atoms with E-state index in [1.807, 2.05) is 12.1 Å². The summed E-state index contributed by atoms with van der Waals surface area (Å²) in [4.78, 5) is 4.11. The highest BCUT2D eigenvalue weighted by Crippen LogP contribution is 2.36. The number of halogens is 1. The zero-order valence-corrected chi connectivity index (χ0v) is 15.4. The molecule has 5 heteroatoms. The summed E-state index contributed by atoms with van der Waals surface area (Å²) in [6, 6.07) is 4.04. The molecule has 2 aromatic heterocycles. The Morgan fingerprint density at radius 1 is 1.29 bits per heavy atom. The standard InChI is InChI=1S/C16H25ClN2OSi/c1-16(2,3)21(4,5)20-12-6-10-19-11-8-13-14(19)7-9-18-15(13)17/h7-9,11H,6,10,12H2,1-5H3. The van der Waals surface area contributed by atoms with Crippen molar-refractivity contribution in [1.29, 1.82) is 0 Å². The van der Waals surface area contributed by atoms with Crippen molar-refractivity contribution in [2.75, 3.05) is 6.61 Å². The number of hydrogen-bond acceptors (Lipinski definition) is 2. The number of aryl methyl sites for hydroxylation is 1. The molecule has 0 saturated heterocycles. The van der Waals surface area contributed by atoms with E-state index >= 15 is 0 Å². The van der Waals surface area contributed by atoms with Crippen LogP contribution in [0.25, 0.3) is 10.9 Å². The molecule has 0 bridgehead atoms. The fourth-order valence-corrected chi connectivity index (χ4v) is 3.37. The van der Waals surface area contributed by atoms with E-state index in [2.05, 4.69) is 49.6 Å². The van der Waals surface area contributed by atoms with Gasteiger partial charge in [-0.25, -0.2) is 4.98 Å². The van der Waals surface area contributed by atoms with Crippen LogP contribution in [-0.2, 0) is 11.0 Å².